The van der Waals surface area contributed by atoms with Crippen LogP contribution >= 0.6 is 15.9 Å². The summed E-state index contributed by atoms with van der Waals surface area (Å²) in [6.07, 6.45) is 1.66. The molecule has 1 aliphatic rings. The van der Waals surface area contributed by atoms with E-state index in [-0.39, 0.29) is 5.91 Å². The van der Waals surface area contributed by atoms with Gasteiger partial charge in [0.15, 0.2) is 0 Å². The first-order valence-corrected chi connectivity index (χ1v) is 6.22. The van der Waals surface area contributed by atoms with Crippen LogP contribution in [0.15, 0.2) is 53.6 Å². The highest BCUT2D eigenvalue weighted by Gasteiger charge is 2.32. The topological polar surface area (TPSA) is 33.2 Å². The van der Waals surface area contributed by atoms with E-state index in [2.05, 4.69) is 27.5 Å². The standard InChI is InChI=1S/C14H9BrN2O/c1-9-11-4-2-3-5-12(11)14(18)17(9)13-8-10(15)6-7-16-13/h2-8H,1H2. The first-order valence-electron chi connectivity index (χ1n) is 5.43. The average Bonchev–Trinajstić information content (AvgIpc) is 2.63. The van der Waals surface area contributed by atoms with Crippen LogP contribution in [-0.4, -0.2) is 10.9 Å². The minimum absolute atomic E-state index is 0.0822. The second-order valence-electron chi connectivity index (χ2n) is 3.97. The van der Waals surface area contributed by atoms with Crippen LogP contribution in [-0.2, 0) is 0 Å². The third-order valence-electron chi connectivity index (χ3n) is 2.88. The number of fused-ring (bicyclic) bond motifs is 1. The number of nitrogens with zero attached hydrogens (tertiary/aromatic N) is 2. The number of carbonyl (C=O) groups is 1. The van der Waals surface area contributed by atoms with Gasteiger partial charge in [0, 0.05) is 21.8 Å². The van der Waals surface area contributed by atoms with Crippen molar-refractivity contribution in [1.82, 2.24) is 4.98 Å². The van der Waals surface area contributed by atoms with Crippen molar-refractivity contribution in [3.63, 3.8) is 0 Å². The van der Waals surface area contributed by atoms with Crippen molar-refractivity contribution in [2.24, 2.45) is 0 Å². The molecule has 0 spiro atoms. The lowest BCUT2D eigenvalue weighted by molar-refractivity contribution is 0.101. The first kappa shape index (κ1) is 11.2. The molecule has 2 aromatic rings. The Hall–Kier alpha value is -1.94. The molecule has 0 bridgehead atoms. The molecule has 1 aliphatic heterocycles. The third-order valence-corrected chi connectivity index (χ3v) is 3.37. The van der Waals surface area contributed by atoms with E-state index in [0.717, 1.165) is 10.0 Å². The number of anilines is 1. The number of halogens is 1. The molecule has 0 unspecified atom stereocenters. The van der Waals surface area contributed by atoms with Gasteiger partial charge in [-0.2, -0.15) is 0 Å². The van der Waals surface area contributed by atoms with Gasteiger partial charge in [0.05, 0.1) is 5.70 Å². The van der Waals surface area contributed by atoms with E-state index in [4.69, 9.17) is 0 Å². The minimum Gasteiger partial charge on any atom is -0.268 e. The highest BCUT2D eigenvalue weighted by molar-refractivity contribution is 9.10. The van der Waals surface area contributed by atoms with Gasteiger partial charge in [-0.05, 0) is 18.2 Å². The fourth-order valence-corrected chi connectivity index (χ4v) is 2.37. The highest BCUT2D eigenvalue weighted by atomic mass is 79.9. The number of pyridine rings is 1. The summed E-state index contributed by atoms with van der Waals surface area (Å²) in [6, 6.07) is 11.1. The zero-order valence-electron chi connectivity index (χ0n) is 9.43. The van der Waals surface area contributed by atoms with E-state index in [1.807, 2.05) is 24.3 Å². The number of rotatable bonds is 1. The van der Waals surface area contributed by atoms with Crippen LogP contribution in [0.4, 0.5) is 5.82 Å². The van der Waals surface area contributed by atoms with Gasteiger partial charge >= 0.3 is 0 Å². The van der Waals surface area contributed by atoms with Crippen LogP contribution < -0.4 is 4.90 Å². The molecule has 4 heteroatoms. The number of hydrogen-bond acceptors (Lipinski definition) is 2. The van der Waals surface area contributed by atoms with Crippen molar-refractivity contribution in [1.29, 1.82) is 0 Å². The summed E-state index contributed by atoms with van der Waals surface area (Å²) in [5.41, 5.74) is 2.20. The van der Waals surface area contributed by atoms with Crippen molar-refractivity contribution in [3.05, 3.63) is 64.8 Å². The number of aromatic nitrogens is 1. The predicted molar refractivity (Wildman–Crippen MR) is 74.2 cm³/mol. The summed E-state index contributed by atoms with van der Waals surface area (Å²) >= 11 is 3.38. The van der Waals surface area contributed by atoms with E-state index < -0.39 is 0 Å². The molecule has 3 rings (SSSR count). The number of hydrogen-bond donors (Lipinski definition) is 0. The fraction of sp³-hybridized carbons (Fsp3) is 0. The van der Waals surface area contributed by atoms with Gasteiger partial charge in [-0.25, -0.2) is 4.98 Å². The molecule has 0 atom stereocenters. The zero-order valence-corrected chi connectivity index (χ0v) is 11.0. The lowest BCUT2D eigenvalue weighted by atomic mass is 10.1. The third kappa shape index (κ3) is 1.57. The Balaban J connectivity index is 2.12. The van der Waals surface area contributed by atoms with Gasteiger partial charge in [0.25, 0.3) is 5.91 Å². The van der Waals surface area contributed by atoms with Crippen molar-refractivity contribution in [2.45, 2.75) is 0 Å². The second kappa shape index (κ2) is 4.07. The summed E-state index contributed by atoms with van der Waals surface area (Å²) in [5.74, 6) is 0.497. The summed E-state index contributed by atoms with van der Waals surface area (Å²) in [6.45, 7) is 3.98. The molecule has 0 N–H and O–H groups in total. The molecular weight excluding hydrogens is 292 g/mol. The van der Waals surface area contributed by atoms with Crippen LogP contribution in [0.2, 0.25) is 0 Å². The van der Waals surface area contributed by atoms with Crippen LogP contribution in [0.3, 0.4) is 0 Å². The van der Waals surface area contributed by atoms with Gasteiger partial charge in [-0.1, -0.05) is 40.7 Å². The molecule has 0 saturated heterocycles. The Bertz CT molecular complexity index is 631. The smallest absolute Gasteiger partial charge is 0.264 e. The lowest BCUT2D eigenvalue weighted by Gasteiger charge is -2.16. The summed E-state index contributed by atoms with van der Waals surface area (Å²) in [5, 5.41) is 0. The van der Waals surface area contributed by atoms with Gasteiger partial charge in [0.1, 0.15) is 5.82 Å². The first-order chi connectivity index (χ1) is 8.68. The highest BCUT2D eigenvalue weighted by Crippen LogP contribution is 2.35. The Morgan fingerprint density at radius 3 is 2.56 bits per heavy atom. The summed E-state index contributed by atoms with van der Waals surface area (Å²) in [7, 11) is 0. The van der Waals surface area contributed by atoms with Crippen molar-refractivity contribution in [2.75, 3.05) is 4.90 Å². The largest absolute Gasteiger partial charge is 0.268 e. The lowest BCUT2D eigenvalue weighted by Crippen LogP contribution is -2.22. The van der Waals surface area contributed by atoms with E-state index in [1.165, 1.54) is 4.90 Å². The molecule has 0 radical (unpaired) electrons. The fourth-order valence-electron chi connectivity index (χ4n) is 2.04. The number of carbonyl (C=O) groups excluding carboxylic acids is 1. The van der Waals surface area contributed by atoms with Gasteiger partial charge < -0.3 is 0 Å². The van der Waals surface area contributed by atoms with Crippen LogP contribution in [0.5, 0.6) is 0 Å². The molecule has 88 valence electrons. The van der Waals surface area contributed by atoms with Gasteiger partial charge in [-0.3, -0.25) is 9.69 Å². The van der Waals surface area contributed by atoms with E-state index in [0.29, 0.717) is 17.1 Å². The SMILES string of the molecule is C=C1c2ccccc2C(=O)N1c1cc(Br)ccn1. The molecule has 1 aromatic carbocycles. The minimum atomic E-state index is -0.0822. The number of benzene rings is 1. The summed E-state index contributed by atoms with van der Waals surface area (Å²) in [4.78, 5) is 18.1. The van der Waals surface area contributed by atoms with E-state index in [1.54, 1.807) is 18.3 Å². The van der Waals surface area contributed by atoms with Crippen LogP contribution in [0.25, 0.3) is 5.70 Å². The average molecular weight is 301 g/mol. The predicted octanol–water partition coefficient (Wildman–Crippen LogP) is 3.48. The second-order valence-corrected chi connectivity index (χ2v) is 4.88. The van der Waals surface area contributed by atoms with E-state index in [9.17, 15) is 4.79 Å². The Kier molecular flexibility index (Phi) is 2.52. The van der Waals surface area contributed by atoms with Crippen molar-refractivity contribution < 1.29 is 4.79 Å². The Morgan fingerprint density at radius 1 is 1.17 bits per heavy atom. The molecule has 18 heavy (non-hydrogen) atoms. The monoisotopic (exact) mass is 300 g/mol. The molecule has 0 saturated carbocycles. The summed E-state index contributed by atoms with van der Waals surface area (Å²) < 4.78 is 0.879. The Morgan fingerprint density at radius 2 is 1.89 bits per heavy atom. The molecule has 1 amide bonds. The zero-order chi connectivity index (χ0) is 12.7. The number of amides is 1. The maximum absolute atomic E-state index is 12.3. The van der Waals surface area contributed by atoms with E-state index >= 15 is 0 Å². The molecule has 1 aromatic heterocycles. The van der Waals surface area contributed by atoms with Gasteiger partial charge in [0.2, 0.25) is 0 Å². The molecule has 0 fully saturated rings. The van der Waals surface area contributed by atoms with Crippen LogP contribution in [0.1, 0.15) is 15.9 Å². The normalized spacial score (nSPS) is 13.9. The Labute approximate surface area is 113 Å². The maximum Gasteiger partial charge on any atom is 0.264 e. The maximum atomic E-state index is 12.3. The van der Waals surface area contributed by atoms with Crippen molar-refractivity contribution in [3.8, 4) is 0 Å². The van der Waals surface area contributed by atoms with Crippen molar-refractivity contribution >= 4 is 33.4 Å². The molecular formula is C14H9BrN2O. The molecule has 2 heterocycles. The van der Waals surface area contributed by atoms with Gasteiger partial charge in [-0.15, -0.1) is 0 Å². The quantitative estimate of drug-likeness (QED) is 0.808. The van der Waals surface area contributed by atoms with Crippen LogP contribution in [0, 0.1) is 0 Å². The molecule has 3 nitrogen and oxygen atoms in total. The molecule has 0 aliphatic carbocycles.